The fraction of sp³-hybridized carbons (Fsp3) is 0.0714. The topological polar surface area (TPSA) is 69.4 Å². The molecule has 0 aliphatic heterocycles. The van der Waals surface area contributed by atoms with Crippen LogP contribution >= 0.6 is 11.6 Å². The molecule has 0 amide bonds. The van der Waals surface area contributed by atoms with E-state index in [4.69, 9.17) is 16.3 Å². The number of nitrogens with zero attached hydrogens (tertiary/aromatic N) is 1. The summed E-state index contributed by atoms with van der Waals surface area (Å²) in [5, 5.41) is 11.0. The van der Waals surface area contributed by atoms with Crippen molar-refractivity contribution in [3.63, 3.8) is 0 Å². The van der Waals surface area contributed by atoms with Crippen molar-refractivity contribution in [2.45, 2.75) is 6.92 Å². The summed E-state index contributed by atoms with van der Waals surface area (Å²) in [6.07, 6.45) is 0. The number of ether oxygens (including phenoxy) is 1. The lowest BCUT2D eigenvalue weighted by Gasteiger charge is -2.07. The van der Waals surface area contributed by atoms with Crippen LogP contribution in [0.15, 0.2) is 42.5 Å². The number of hydrogen-bond donors (Lipinski definition) is 0. The lowest BCUT2D eigenvalue weighted by atomic mass is 10.2. The van der Waals surface area contributed by atoms with Crippen LogP contribution in [-0.4, -0.2) is 10.9 Å². The van der Waals surface area contributed by atoms with Crippen molar-refractivity contribution < 1.29 is 14.5 Å². The number of esters is 1. The molecule has 0 aliphatic carbocycles. The molecule has 0 fully saturated rings. The van der Waals surface area contributed by atoms with Gasteiger partial charge in [0.25, 0.3) is 5.69 Å². The molecule has 6 heteroatoms. The summed E-state index contributed by atoms with van der Waals surface area (Å²) < 4.78 is 5.15. The highest BCUT2D eigenvalue weighted by atomic mass is 35.5. The zero-order valence-corrected chi connectivity index (χ0v) is 11.3. The zero-order chi connectivity index (χ0) is 14.7. The molecule has 5 nitrogen and oxygen atoms in total. The highest BCUT2D eigenvalue weighted by Crippen LogP contribution is 2.26. The largest absolute Gasteiger partial charge is 0.421 e. The Balaban J connectivity index is 2.26. The highest BCUT2D eigenvalue weighted by Gasteiger charge is 2.14. The maximum atomic E-state index is 11.9. The average Bonchev–Trinajstić information content (AvgIpc) is 2.43. The van der Waals surface area contributed by atoms with Gasteiger partial charge in [0.1, 0.15) is 5.75 Å². The second-order valence-electron chi connectivity index (χ2n) is 4.13. The van der Waals surface area contributed by atoms with Gasteiger partial charge in [-0.15, -0.1) is 0 Å². The normalized spacial score (nSPS) is 10.1. The quantitative estimate of drug-likeness (QED) is 0.373. The third kappa shape index (κ3) is 3.13. The lowest BCUT2D eigenvalue weighted by molar-refractivity contribution is -0.384. The van der Waals surface area contributed by atoms with Crippen LogP contribution in [0.2, 0.25) is 5.02 Å². The van der Waals surface area contributed by atoms with Crippen molar-refractivity contribution >= 4 is 23.3 Å². The number of nitro groups is 1. The fourth-order valence-electron chi connectivity index (χ4n) is 1.59. The number of benzene rings is 2. The molecule has 0 radical (unpaired) electrons. The fourth-order valence-corrected chi connectivity index (χ4v) is 1.75. The van der Waals surface area contributed by atoms with Gasteiger partial charge in [-0.2, -0.15) is 0 Å². The van der Waals surface area contributed by atoms with Crippen molar-refractivity contribution in [1.82, 2.24) is 0 Å². The van der Waals surface area contributed by atoms with E-state index in [1.54, 1.807) is 18.2 Å². The summed E-state index contributed by atoms with van der Waals surface area (Å²) in [6.45, 7) is 1.83. The molecule has 102 valence electrons. The van der Waals surface area contributed by atoms with Gasteiger partial charge in [-0.05, 0) is 30.7 Å². The molecule has 0 saturated carbocycles. The van der Waals surface area contributed by atoms with Gasteiger partial charge in [0.15, 0.2) is 0 Å². The van der Waals surface area contributed by atoms with Crippen LogP contribution in [0.5, 0.6) is 5.75 Å². The van der Waals surface area contributed by atoms with Gasteiger partial charge in [0.05, 0.1) is 15.5 Å². The van der Waals surface area contributed by atoms with E-state index >= 15 is 0 Å². The molecule has 0 spiro atoms. The van der Waals surface area contributed by atoms with E-state index in [1.807, 2.05) is 6.92 Å². The number of rotatable bonds is 3. The second-order valence-corrected chi connectivity index (χ2v) is 4.54. The van der Waals surface area contributed by atoms with Crippen LogP contribution in [0.3, 0.4) is 0 Å². The first kappa shape index (κ1) is 14.0. The van der Waals surface area contributed by atoms with E-state index in [0.717, 1.165) is 11.6 Å². The number of nitro benzene ring substituents is 1. The molecule has 0 atom stereocenters. The van der Waals surface area contributed by atoms with Crippen molar-refractivity contribution in [3.05, 3.63) is 68.7 Å². The first-order valence-corrected chi connectivity index (χ1v) is 6.08. The molecule has 0 saturated heterocycles. The molecular formula is C14H10ClNO4. The molecule has 0 N–H and O–H groups in total. The number of non-ortho nitro benzene ring substituents is 1. The van der Waals surface area contributed by atoms with E-state index < -0.39 is 10.9 Å². The summed E-state index contributed by atoms with van der Waals surface area (Å²) in [7, 11) is 0. The maximum absolute atomic E-state index is 11.9. The molecule has 0 unspecified atom stereocenters. The zero-order valence-electron chi connectivity index (χ0n) is 10.5. The van der Waals surface area contributed by atoms with Gasteiger partial charge in [0.2, 0.25) is 0 Å². The van der Waals surface area contributed by atoms with Gasteiger partial charge in [0, 0.05) is 12.1 Å². The van der Waals surface area contributed by atoms with E-state index in [1.165, 1.54) is 18.2 Å². The van der Waals surface area contributed by atoms with Crippen molar-refractivity contribution in [1.29, 1.82) is 0 Å². The summed E-state index contributed by atoms with van der Waals surface area (Å²) >= 11 is 5.92. The lowest BCUT2D eigenvalue weighted by Crippen LogP contribution is -2.09. The van der Waals surface area contributed by atoms with Gasteiger partial charge in [-0.3, -0.25) is 10.1 Å². The number of carbonyl (C=O) groups is 1. The third-order valence-corrected chi connectivity index (χ3v) is 2.89. The molecule has 2 aromatic carbocycles. The van der Waals surface area contributed by atoms with Gasteiger partial charge in [-0.1, -0.05) is 23.7 Å². The molecular weight excluding hydrogens is 282 g/mol. The number of halogens is 1. The SMILES string of the molecule is Cc1ccc(Cl)c(OC(=O)c2cccc([N+](=O)[O-])c2)c1. The minimum atomic E-state index is -0.693. The van der Waals surface area contributed by atoms with Gasteiger partial charge in [-0.25, -0.2) is 4.79 Å². The highest BCUT2D eigenvalue weighted by molar-refractivity contribution is 6.32. The minimum Gasteiger partial charge on any atom is -0.421 e. The summed E-state index contributed by atoms with van der Waals surface area (Å²) in [4.78, 5) is 22.0. The maximum Gasteiger partial charge on any atom is 0.343 e. The Kier molecular flexibility index (Phi) is 4.00. The Morgan fingerprint density at radius 3 is 2.70 bits per heavy atom. The third-order valence-electron chi connectivity index (χ3n) is 2.58. The Bertz CT molecular complexity index is 685. The predicted octanol–water partition coefficient (Wildman–Crippen LogP) is 3.78. The van der Waals surface area contributed by atoms with Gasteiger partial charge >= 0.3 is 5.97 Å². The number of hydrogen-bond acceptors (Lipinski definition) is 4. The Labute approximate surface area is 119 Å². The monoisotopic (exact) mass is 291 g/mol. The first-order chi connectivity index (χ1) is 9.47. The van der Waals surface area contributed by atoms with Crippen molar-refractivity contribution in [2.75, 3.05) is 0 Å². The average molecular weight is 292 g/mol. The molecule has 0 heterocycles. The van der Waals surface area contributed by atoms with E-state index in [0.29, 0.717) is 5.02 Å². The minimum absolute atomic E-state index is 0.0942. The molecule has 0 bridgehead atoms. The summed E-state index contributed by atoms with van der Waals surface area (Å²) in [6, 6.07) is 10.4. The van der Waals surface area contributed by atoms with Crippen molar-refractivity contribution in [3.8, 4) is 5.75 Å². The molecule has 0 aliphatic rings. The van der Waals surface area contributed by atoms with Crippen LogP contribution < -0.4 is 4.74 Å². The number of aryl methyl sites for hydroxylation is 1. The molecule has 0 aromatic heterocycles. The molecule has 2 rings (SSSR count). The molecule has 20 heavy (non-hydrogen) atoms. The van der Waals surface area contributed by atoms with E-state index in [-0.39, 0.29) is 17.0 Å². The molecule has 2 aromatic rings. The standard InChI is InChI=1S/C14H10ClNO4/c1-9-5-6-12(15)13(7-9)20-14(17)10-3-2-4-11(8-10)16(18)19/h2-8H,1H3. The van der Waals surface area contributed by atoms with Crippen LogP contribution in [0.1, 0.15) is 15.9 Å². The van der Waals surface area contributed by atoms with Crippen LogP contribution in [0.4, 0.5) is 5.69 Å². The van der Waals surface area contributed by atoms with Crippen LogP contribution in [0.25, 0.3) is 0 Å². The van der Waals surface area contributed by atoms with Crippen LogP contribution in [-0.2, 0) is 0 Å². The second kappa shape index (κ2) is 5.71. The first-order valence-electron chi connectivity index (χ1n) is 5.70. The van der Waals surface area contributed by atoms with Gasteiger partial charge < -0.3 is 4.74 Å². The Morgan fingerprint density at radius 2 is 2.00 bits per heavy atom. The Morgan fingerprint density at radius 1 is 1.25 bits per heavy atom. The Hall–Kier alpha value is -2.40. The smallest absolute Gasteiger partial charge is 0.343 e. The van der Waals surface area contributed by atoms with E-state index in [2.05, 4.69) is 0 Å². The predicted molar refractivity (Wildman–Crippen MR) is 74.2 cm³/mol. The van der Waals surface area contributed by atoms with E-state index in [9.17, 15) is 14.9 Å². The van der Waals surface area contributed by atoms with Crippen molar-refractivity contribution in [2.24, 2.45) is 0 Å². The summed E-state index contributed by atoms with van der Waals surface area (Å²) in [5.41, 5.74) is 0.808. The van der Waals surface area contributed by atoms with Crippen LogP contribution in [0, 0.1) is 17.0 Å². The number of carbonyl (C=O) groups excluding carboxylic acids is 1. The summed E-state index contributed by atoms with van der Waals surface area (Å²) in [5.74, 6) is -0.468.